The van der Waals surface area contributed by atoms with Gasteiger partial charge in [0.25, 0.3) is 0 Å². The molecule has 2 aromatic heterocycles. The Kier molecular flexibility index (Phi) is 3.96. The first kappa shape index (κ1) is 13.3. The van der Waals surface area contributed by atoms with E-state index in [0.29, 0.717) is 30.5 Å². The first-order chi connectivity index (χ1) is 9.06. The fourth-order valence-corrected chi connectivity index (χ4v) is 1.65. The number of carboxylic acid groups (broad SMARTS) is 1. The zero-order valence-electron chi connectivity index (χ0n) is 10.1. The second-order valence-corrected chi connectivity index (χ2v) is 4.18. The number of hydrogen-bond acceptors (Lipinski definition) is 6. The van der Waals surface area contributed by atoms with Crippen molar-refractivity contribution < 1.29 is 14.4 Å². The zero-order chi connectivity index (χ0) is 13.8. The van der Waals surface area contributed by atoms with Crippen molar-refractivity contribution in [3.8, 4) is 0 Å². The number of pyridine rings is 1. The van der Waals surface area contributed by atoms with Gasteiger partial charge in [-0.15, -0.1) is 0 Å². The summed E-state index contributed by atoms with van der Waals surface area (Å²) in [7, 11) is 0. The van der Waals surface area contributed by atoms with Gasteiger partial charge >= 0.3 is 5.97 Å². The summed E-state index contributed by atoms with van der Waals surface area (Å²) >= 11 is 5.92. The van der Waals surface area contributed by atoms with Crippen LogP contribution in [0.15, 0.2) is 16.8 Å². The molecule has 2 rings (SSSR count). The van der Waals surface area contributed by atoms with Gasteiger partial charge in [-0.25, -0.2) is 9.78 Å². The van der Waals surface area contributed by atoms with Crippen LogP contribution < -0.4 is 5.32 Å². The van der Waals surface area contributed by atoms with Crippen LogP contribution in [0.25, 0.3) is 0 Å². The number of aromatic nitrogens is 3. The molecular formula is C11H11ClN4O3. The van der Waals surface area contributed by atoms with Crippen LogP contribution in [-0.2, 0) is 6.42 Å². The van der Waals surface area contributed by atoms with Crippen molar-refractivity contribution in [2.45, 2.75) is 13.3 Å². The number of aromatic carboxylic acids is 1. The molecule has 19 heavy (non-hydrogen) atoms. The van der Waals surface area contributed by atoms with Gasteiger partial charge in [-0.3, -0.25) is 0 Å². The molecule has 0 radical (unpaired) electrons. The van der Waals surface area contributed by atoms with Crippen molar-refractivity contribution in [2.24, 2.45) is 0 Å². The maximum absolute atomic E-state index is 10.7. The molecule has 0 bridgehead atoms. The number of aryl methyl sites for hydroxylation is 1. The van der Waals surface area contributed by atoms with Gasteiger partial charge in [-0.2, -0.15) is 4.98 Å². The summed E-state index contributed by atoms with van der Waals surface area (Å²) in [5, 5.41) is 15.7. The molecule has 0 aliphatic carbocycles. The first-order valence-corrected chi connectivity index (χ1v) is 5.86. The van der Waals surface area contributed by atoms with E-state index < -0.39 is 5.97 Å². The minimum Gasteiger partial charge on any atom is -0.478 e. The molecule has 0 saturated carbocycles. The molecular weight excluding hydrogens is 272 g/mol. The topological polar surface area (TPSA) is 101 Å². The van der Waals surface area contributed by atoms with Crippen LogP contribution in [-0.4, -0.2) is 32.7 Å². The SMILES string of the molecule is Cc1noc(CCNc2ncc(C(=O)O)cc2Cl)n1. The second kappa shape index (κ2) is 5.66. The largest absolute Gasteiger partial charge is 0.478 e. The van der Waals surface area contributed by atoms with Crippen molar-refractivity contribution in [1.82, 2.24) is 15.1 Å². The van der Waals surface area contributed by atoms with Gasteiger partial charge in [0.15, 0.2) is 5.82 Å². The second-order valence-electron chi connectivity index (χ2n) is 3.77. The number of halogens is 1. The van der Waals surface area contributed by atoms with Gasteiger partial charge in [0.2, 0.25) is 5.89 Å². The Morgan fingerprint density at radius 1 is 1.58 bits per heavy atom. The van der Waals surface area contributed by atoms with Crippen LogP contribution >= 0.6 is 11.6 Å². The van der Waals surface area contributed by atoms with Gasteiger partial charge < -0.3 is 14.9 Å². The average Bonchev–Trinajstić information content (AvgIpc) is 2.77. The molecule has 0 amide bonds. The van der Waals surface area contributed by atoms with Gasteiger partial charge in [-0.1, -0.05) is 16.8 Å². The van der Waals surface area contributed by atoms with Crippen LogP contribution in [0, 0.1) is 6.92 Å². The van der Waals surface area contributed by atoms with Gasteiger partial charge in [-0.05, 0) is 13.0 Å². The molecule has 0 saturated heterocycles. The van der Waals surface area contributed by atoms with E-state index in [-0.39, 0.29) is 10.6 Å². The van der Waals surface area contributed by atoms with E-state index in [1.165, 1.54) is 12.3 Å². The third kappa shape index (κ3) is 3.41. The van der Waals surface area contributed by atoms with Crippen LogP contribution in [0.5, 0.6) is 0 Å². The van der Waals surface area contributed by atoms with Gasteiger partial charge in [0, 0.05) is 19.2 Å². The Bertz CT molecular complexity index is 599. The van der Waals surface area contributed by atoms with Crippen LogP contribution in [0.2, 0.25) is 5.02 Å². The van der Waals surface area contributed by atoms with Crippen LogP contribution in [0.1, 0.15) is 22.1 Å². The highest BCUT2D eigenvalue weighted by atomic mass is 35.5. The molecule has 2 N–H and O–H groups in total. The number of nitrogens with one attached hydrogen (secondary N) is 1. The predicted molar refractivity (Wildman–Crippen MR) is 67.4 cm³/mol. The van der Waals surface area contributed by atoms with Gasteiger partial charge in [0.05, 0.1) is 10.6 Å². The Balaban J connectivity index is 1.94. The highest BCUT2D eigenvalue weighted by Crippen LogP contribution is 2.20. The Labute approximate surface area is 113 Å². The monoisotopic (exact) mass is 282 g/mol. The van der Waals surface area contributed by atoms with E-state index in [1.54, 1.807) is 6.92 Å². The summed E-state index contributed by atoms with van der Waals surface area (Å²) in [6.45, 7) is 2.24. The molecule has 7 nitrogen and oxygen atoms in total. The summed E-state index contributed by atoms with van der Waals surface area (Å²) in [5.41, 5.74) is 0.0445. The maximum atomic E-state index is 10.7. The fraction of sp³-hybridized carbons (Fsp3) is 0.273. The first-order valence-electron chi connectivity index (χ1n) is 5.48. The number of nitrogens with zero attached hydrogens (tertiary/aromatic N) is 3. The number of rotatable bonds is 5. The minimum atomic E-state index is -1.07. The molecule has 0 atom stereocenters. The van der Waals surface area contributed by atoms with Gasteiger partial charge in [0.1, 0.15) is 5.82 Å². The van der Waals surface area contributed by atoms with E-state index >= 15 is 0 Å². The Morgan fingerprint density at radius 3 is 2.95 bits per heavy atom. The van der Waals surface area contributed by atoms with E-state index in [4.69, 9.17) is 21.2 Å². The van der Waals surface area contributed by atoms with E-state index in [0.717, 1.165) is 0 Å². The lowest BCUT2D eigenvalue weighted by Crippen LogP contribution is -2.08. The quantitative estimate of drug-likeness (QED) is 0.862. The van der Waals surface area contributed by atoms with Crippen molar-refractivity contribution in [3.05, 3.63) is 34.6 Å². The molecule has 100 valence electrons. The third-order valence-electron chi connectivity index (χ3n) is 2.29. The predicted octanol–water partition coefficient (Wildman–Crippen LogP) is 1.78. The average molecular weight is 283 g/mol. The summed E-state index contributed by atoms with van der Waals surface area (Å²) < 4.78 is 4.95. The maximum Gasteiger partial charge on any atom is 0.337 e. The standard InChI is InChI=1S/C11H11ClN4O3/c1-6-15-9(19-16-6)2-3-13-10-8(12)4-7(5-14-10)11(17)18/h4-5H,2-3H2,1H3,(H,13,14)(H,17,18). The smallest absolute Gasteiger partial charge is 0.337 e. The van der Waals surface area contributed by atoms with Crippen LogP contribution in [0.4, 0.5) is 5.82 Å². The molecule has 0 aromatic carbocycles. The highest BCUT2D eigenvalue weighted by Gasteiger charge is 2.09. The lowest BCUT2D eigenvalue weighted by atomic mass is 10.3. The van der Waals surface area contributed by atoms with Crippen molar-refractivity contribution in [2.75, 3.05) is 11.9 Å². The van der Waals surface area contributed by atoms with E-state index in [1.807, 2.05) is 0 Å². The van der Waals surface area contributed by atoms with E-state index in [2.05, 4.69) is 20.4 Å². The summed E-state index contributed by atoms with van der Waals surface area (Å²) in [5.74, 6) is 0.449. The molecule has 2 heterocycles. The molecule has 0 fully saturated rings. The summed E-state index contributed by atoms with van der Waals surface area (Å²) in [4.78, 5) is 18.7. The molecule has 0 aliphatic heterocycles. The molecule has 0 aliphatic rings. The number of anilines is 1. The number of carbonyl (C=O) groups is 1. The molecule has 0 unspecified atom stereocenters. The number of hydrogen-bond donors (Lipinski definition) is 2. The van der Waals surface area contributed by atoms with E-state index in [9.17, 15) is 4.79 Å². The Morgan fingerprint density at radius 2 is 2.37 bits per heavy atom. The fourth-order valence-electron chi connectivity index (χ4n) is 1.41. The lowest BCUT2D eigenvalue weighted by molar-refractivity contribution is 0.0696. The van der Waals surface area contributed by atoms with Crippen molar-refractivity contribution >= 4 is 23.4 Å². The lowest BCUT2D eigenvalue weighted by Gasteiger charge is -2.06. The Hall–Kier alpha value is -2.15. The third-order valence-corrected chi connectivity index (χ3v) is 2.58. The summed E-state index contributed by atoms with van der Waals surface area (Å²) in [6, 6.07) is 1.34. The molecule has 2 aromatic rings. The van der Waals surface area contributed by atoms with Crippen molar-refractivity contribution in [3.63, 3.8) is 0 Å². The minimum absolute atomic E-state index is 0.0445. The van der Waals surface area contributed by atoms with Crippen molar-refractivity contribution in [1.29, 1.82) is 0 Å². The number of carboxylic acids is 1. The molecule has 8 heteroatoms. The highest BCUT2D eigenvalue weighted by molar-refractivity contribution is 6.33. The molecule has 0 spiro atoms. The normalized spacial score (nSPS) is 10.4. The van der Waals surface area contributed by atoms with Crippen LogP contribution in [0.3, 0.4) is 0 Å². The summed E-state index contributed by atoms with van der Waals surface area (Å²) in [6.07, 6.45) is 1.77. The zero-order valence-corrected chi connectivity index (χ0v) is 10.8.